The first-order valence-electron chi connectivity index (χ1n) is 5.24. The van der Waals surface area contributed by atoms with Gasteiger partial charge in [-0.15, -0.1) is 0 Å². The van der Waals surface area contributed by atoms with Gasteiger partial charge in [-0.25, -0.2) is 0 Å². The van der Waals surface area contributed by atoms with Crippen molar-refractivity contribution in [2.45, 2.75) is 18.7 Å². The monoisotopic (exact) mass is 257 g/mol. The van der Waals surface area contributed by atoms with E-state index in [1.165, 1.54) is 0 Å². The van der Waals surface area contributed by atoms with E-state index in [9.17, 15) is 5.11 Å². The molecule has 0 unspecified atom stereocenters. The van der Waals surface area contributed by atoms with Gasteiger partial charge in [0.25, 0.3) is 0 Å². The maximum Gasteiger partial charge on any atom is 0.122 e. The van der Waals surface area contributed by atoms with Crippen LogP contribution in [0.25, 0.3) is 0 Å². The van der Waals surface area contributed by atoms with Crippen LogP contribution < -0.4 is 4.74 Å². The molecule has 2 atom stereocenters. The highest BCUT2D eigenvalue weighted by Gasteiger charge is 2.26. The van der Waals surface area contributed by atoms with Crippen molar-refractivity contribution in [2.24, 2.45) is 5.92 Å². The first-order valence-corrected chi connectivity index (χ1v) is 5.99. The third kappa shape index (κ3) is 3.06. The molecule has 1 fully saturated rings. The predicted molar refractivity (Wildman–Crippen MR) is 66.8 cm³/mol. The molecule has 1 aromatic rings. The lowest BCUT2D eigenvalue weighted by atomic mass is 9.76. The summed E-state index contributed by atoms with van der Waals surface area (Å²) in [7, 11) is 2.09. The zero-order valence-electron chi connectivity index (χ0n) is 8.70. The van der Waals surface area contributed by atoms with Gasteiger partial charge in [0.05, 0.1) is 12.7 Å². The van der Waals surface area contributed by atoms with Crippen molar-refractivity contribution in [2.75, 3.05) is 6.61 Å². The number of benzene rings is 1. The molecular formula is C11H12BCl2O2. The number of halogens is 2. The number of hydrogen-bond donors (Lipinski definition) is 1. The van der Waals surface area contributed by atoms with Crippen molar-refractivity contribution in [3.05, 3.63) is 28.2 Å². The highest BCUT2D eigenvalue weighted by molar-refractivity contribution is 6.37. The number of aliphatic hydroxyl groups excluding tert-OH is 1. The summed E-state index contributed by atoms with van der Waals surface area (Å²) in [5.74, 6) is 0.828. The molecule has 1 N–H and O–H groups in total. The van der Waals surface area contributed by atoms with Crippen LogP contribution in [-0.4, -0.2) is 25.1 Å². The smallest absolute Gasteiger partial charge is 0.122 e. The van der Waals surface area contributed by atoms with E-state index in [0.29, 0.717) is 22.4 Å². The fourth-order valence-corrected chi connectivity index (χ4v) is 2.33. The normalized spacial score (nSPS) is 24.2. The molecule has 0 aliphatic carbocycles. The predicted octanol–water partition coefficient (Wildman–Crippen LogP) is 2.90. The van der Waals surface area contributed by atoms with Gasteiger partial charge in [0.15, 0.2) is 0 Å². The van der Waals surface area contributed by atoms with Crippen LogP contribution in [0.4, 0.5) is 0 Å². The minimum absolute atomic E-state index is 0.178. The summed E-state index contributed by atoms with van der Waals surface area (Å²) in [5, 5.41) is 10.7. The lowest BCUT2D eigenvalue weighted by Crippen LogP contribution is -2.19. The second-order valence-electron chi connectivity index (χ2n) is 4.00. The molecule has 1 aliphatic heterocycles. The fraction of sp³-hybridized carbons (Fsp3) is 0.455. The number of rotatable bonds is 3. The maximum absolute atomic E-state index is 9.61. The van der Waals surface area contributed by atoms with Gasteiger partial charge >= 0.3 is 0 Å². The number of ether oxygens (including phenoxy) is 1. The molecule has 0 saturated carbocycles. The van der Waals surface area contributed by atoms with Crippen LogP contribution in [0.1, 0.15) is 0 Å². The van der Waals surface area contributed by atoms with Crippen molar-refractivity contribution >= 4 is 30.5 Å². The van der Waals surface area contributed by atoms with E-state index in [2.05, 4.69) is 7.28 Å². The Kier molecular flexibility index (Phi) is 4.01. The van der Waals surface area contributed by atoms with E-state index in [4.69, 9.17) is 27.9 Å². The molecule has 0 spiro atoms. The number of aliphatic hydroxyl groups is 1. The van der Waals surface area contributed by atoms with E-state index in [1.54, 1.807) is 18.2 Å². The Morgan fingerprint density at radius 1 is 1.25 bits per heavy atom. The fourth-order valence-electron chi connectivity index (χ4n) is 1.82. The van der Waals surface area contributed by atoms with Crippen molar-refractivity contribution in [3.8, 4) is 5.75 Å². The SMILES string of the molecule is O[C@@H]1C[B]C[C@H]1COc1cc(Cl)cc(Cl)c1. The maximum atomic E-state index is 9.61. The van der Waals surface area contributed by atoms with Gasteiger partial charge in [-0.3, -0.25) is 0 Å². The van der Waals surface area contributed by atoms with Crippen LogP contribution in [0.2, 0.25) is 22.7 Å². The molecule has 1 radical (unpaired) electrons. The standard InChI is InChI=1S/C11H12BCl2O2/c13-8-1-9(14)3-10(2-8)16-6-7-4-12-5-11(7)15/h1-3,7,11,15H,4-6H2/t7-,11+/m0/s1. The Bertz CT molecular complexity index is 353. The summed E-state index contributed by atoms with van der Waals surface area (Å²) in [5.41, 5.74) is 0. The largest absolute Gasteiger partial charge is 0.493 e. The molecule has 0 aromatic heterocycles. The van der Waals surface area contributed by atoms with Gasteiger partial charge in [0, 0.05) is 16.0 Å². The van der Waals surface area contributed by atoms with E-state index in [1.807, 2.05) is 0 Å². The summed E-state index contributed by atoms with van der Waals surface area (Å²) < 4.78 is 5.57. The van der Waals surface area contributed by atoms with Crippen LogP contribution >= 0.6 is 23.2 Å². The zero-order chi connectivity index (χ0) is 11.5. The number of hydrogen-bond acceptors (Lipinski definition) is 2. The van der Waals surface area contributed by atoms with Gasteiger partial charge in [-0.05, 0) is 18.2 Å². The Hall–Kier alpha value is -0.375. The molecule has 0 bridgehead atoms. The topological polar surface area (TPSA) is 29.5 Å². The molecule has 2 nitrogen and oxygen atoms in total. The van der Waals surface area contributed by atoms with Crippen molar-refractivity contribution < 1.29 is 9.84 Å². The van der Waals surface area contributed by atoms with Gasteiger partial charge in [0.2, 0.25) is 0 Å². The first kappa shape index (κ1) is 12.1. The van der Waals surface area contributed by atoms with Crippen LogP contribution in [-0.2, 0) is 0 Å². The van der Waals surface area contributed by atoms with E-state index >= 15 is 0 Å². The van der Waals surface area contributed by atoms with Crippen molar-refractivity contribution in [3.63, 3.8) is 0 Å². The summed E-state index contributed by atoms with van der Waals surface area (Å²) in [4.78, 5) is 0. The summed E-state index contributed by atoms with van der Waals surface area (Å²) in [6.45, 7) is 0.494. The molecule has 1 aliphatic rings. The average molecular weight is 258 g/mol. The highest BCUT2D eigenvalue weighted by Crippen LogP contribution is 2.27. The van der Waals surface area contributed by atoms with Crippen molar-refractivity contribution in [1.82, 2.24) is 0 Å². The van der Waals surface area contributed by atoms with Gasteiger partial charge in [-0.1, -0.05) is 35.8 Å². The lowest BCUT2D eigenvalue weighted by molar-refractivity contribution is 0.110. The second-order valence-corrected chi connectivity index (χ2v) is 4.88. The van der Waals surface area contributed by atoms with E-state index < -0.39 is 0 Å². The zero-order valence-corrected chi connectivity index (χ0v) is 10.2. The van der Waals surface area contributed by atoms with E-state index in [-0.39, 0.29) is 12.0 Å². The van der Waals surface area contributed by atoms with Crippen LogP contribution in [0.15, 0.2) is 18.2 Å². The average Bonchev–Trinajstić information content (AvgIpc) is 2.59. The molecule has 1 heterocycles. The van der Waals surface area contributed by atoms with E-state index in [0.717, 1.165) is 12.6 Å². The van der Waals surface area contributed by atoms with Gasteiger partial charge < -0.3 is 9.84 Å². The van der Waals surface area contributed by atoms with Crippen molar-refractivity contribution in [1.29, 1.82) is 0 Å². The Morgan fingerprint density at radius 3 is 2.50 bits per heavy atom. The molecule has 1 saturated heterocycles. The lowest BCUT2D eigenvalue weighted by Gasteiger charge is -2.16. The molecule has 1 aromatic carbocycles. The Balaban J connectivity index is 1.94. The molecule has 2 rings (SSSR count). The Morgan fingerprint density at radius 2 is 1.94 bits per heavy atom. The second kappa shape index (κ2) is 5.30. The third-order valence-electron chi connectivity index (χ3n) is 2.72. The molecule has 85 valence electrons. The minimum atomic E-state index is -0.283. The molecule has 16 heavy (non-hydrogen) atoms. The van der Waals surface area contributed by atoms with Gasteiger partial charge in [0.1, 0.15) is 13.0 Å². The van der Waals surface area contributed by atoms with Crippen LogP contribution in [0.3, 0.4) is 0 Å². The summed E-state index contributed by atoms with van der Waals surface area (Å²) >= 11 is 11.7. The summed E-state index contributed by atoms with van der Waals surface area (Å²) in [6.07, 6.45) is 1.37. The highest BCUT2D eigenvalue weighted by atomic mass is 35.5. The third-order valence-corrected chi connectivity index (χ3v) is 3.16. The van der Waals surface area contributed by atoms with Crippen LogP contribution in [0.5, 0.6) is 5.75 Å². The molecule has 0 amide bonds. The summed E-state index contributed by atoms with van der Waals surface area (Å²) in [6, 6.07) is 5.10. The minimum Gasteiger partial charge on any atom is -0.493 e. The van der Waals surface area contributed by atoms with Gasteiger partial charge in [-0.2, -0.15) is 0 Å². The molecular weight excluding hydrogens is 246 g/mol. The van der Waals surface area contributed by atoms with Crippen LogP contribution in [0, 0.1) is 5.92 Å². The Labute approximate surface area is 106 Å². The first-order chi connectivity index (χ1) is 7.65. The quantitative estimate of drug-likeness (QED) is 0.844. The molecule has 5 heteroatoms.